The van der Waals surface area contributed by atoms with Gasteiger partial charge in [0.1, 0.15) is 11.3 Å². The second-order valence-electron chi connectivity index (χ2n) is 7.18. The molecule has 0 spiro atoms. The van der Waals surface area contributed by atoms with Crippen LogP contribution in [0, 0.1) is 13.8 Å². The van der Waals surface area contributed by atoms with E-state index < -0.39 is 5.97 Å². The van der Waals surface area contributed by atoms with Gasteiger partial charge in [0.15, 0.2) is 6.61 Å². The molecule has 0 saturated heterocycles. The molecule has 6 nitrogen and oxygen atoms in total. The van der Waals surface area contributed by atoms with Crippen LogP contribution >= 0.6 is 0 Å². The first-order chi connectivity index (χ1) is 14.5. The Morgan fingerprint density at radius 2 is 1.67 bits per heavy atom. The Balaban J connectivity index is 1.73. The fourth-order valence-corrected chi connectivity index (χ4v) is 3.63. The average molecular weight is 409 g/mol. The van der Waals surface area contributed by atoms with E-state index >= 15 is 0 Å². The van der Waals surface area contributed by atoms with Crippen LogP contribution in [0.3, 0.4) is 0 Å². The maximum absolute atomic E-state index is 12.7. The van der Waals surface area contributed by atoms with Crippen LogP contribution in [0.5, 0.6) is 5.75 Å². The third kappa shape index (κ3) is 4.54. The highest BCUT2D eigenvalue weighted by Crippen LogP contribution is 2.26. The Morgan fingerprint density at radius 1 is 0.967 bits per heavy atom. The number of rotatable bonds is 9. The number of hydrogen-bond donors (Lipinski definition) is 0. The highest BCUT2D eigenvalue weighted by atomic mass is 16.5. The molecule has 0 bridgehead atoms. The molecule has 2 aromatic carbocycles. The van der Waals surface area contributed by atoms with Crippen LogP contribution < -0.4 is 4.74 Å². The zero-order chi connectivity index (χ0) is 21.7. The molecule has 0 fully saturated rings. The van der Waals surface area contributed by atoms with E-state index in [9.17, 15) is 9.59 Å². The Labute approximate surface area is 176 Å². The Kier molecular flexibility index (Phi) is 6.90. The van der Waals surface area contributed by atoms with E-state index in [4.69, 9.17) is 14.2 Å². The summed E-state index contributed by atoms with van der Waals surface area (Å²) in [5, 5.41) is 1.86. The summed E-state index contributed by atoms with van der Waals surface area (Å²) in [6.45, 7) is 4.97. The number of carbonyl (C=O) groups excluding carboxylic acids is 2. The first-order valence-electron chi connectivity index (χ1n) is 9.89. The number of benzene rings is 2. The van der Waals surface area contributed by atoms with Gasteiger partial charge in [-0.3, -0.25) is 4.79 Å². The second kappa shape index (κ2) is 9.59. The normalized spacial score (nSPS) is 10.9. The topological polar surface area (TPSA) is 66.8 Å². The minimum atomic E-state index is -0.583. The van der Waals surface area contributed by atoms with E-state index in [1.165, 1.54) is 7.11 Å². The van der Waals surface area contributed by atoms with Crippen molar-refractivity contribution in [1.29, 1.82) is 0 Å². The van der Waals surface area contributed by atoms with Crippen LogP contribution in [-0.4, -0.2) is 43.8 Å². The maximum atomic E-state index is 12.7. The third-order valence-electron chi connectivity index (χ3n) is 5.23. The van der Waals surface area contributed by atoms with Crippen LogP contribution in [0.2, 0.25) is 0 Å². The number of aryl methyl sites for hydroxylation is 1. The Morgan fingerprint density at radius 3 is 2.33 bits per heavy atom. The molecule has 0 saturated carbocycles. The molecule has 158 valence electrons. The molecule has 0 atom stereocenters. The lowest BCUT2D eigenvalue weighted by Gasteiger charge is -2.11. The molecule has 0 aliphatic carbocycles. The predicted octanol–water partition coefficient (Wildman–Crippen LogP) is 4.34. The third-order valence-corrected chi connectivity index (χ3v) is 5.23. The number of Topliss-reactive ketones (excluding diaryl/α,β-unsaturated/α-hetero) is 1. The molecule has 3 rings (SSSR count). The van der Waals surface area contributed by atoms with Gasteiger partial charge in [-0.05, 0) is 49.2 Å². The van der Waals surface area contributed by atoms with Crippen LogP contribution in [0.1, 0.15) is 38.5 Å². The molecule has 0 unspecified atom stereocenters. The zero-order valence-corrected chi connectivity index (χ0v) is 17.9. The summed E-state index contributed by atoms with van der Waals surface area (Å²) in [5.41, 5.74) is 2.74. The van der Waals surface area contributed by atoms with Gasteiger partial charge < -0.3 is 18.8 Å². The minimum Gasteiger partial charge on any atom is -0.496 e. The molecule has 6 heteroatoms. The quantitative estimate of drug-likeness (QED) is 0.299. The van der Waals surface area contributed by atoms with Gasteiger partial charge in [0.2, 0.25) is 5.78 Å². The molecular weight excluding hydrogens is 382 g/mol. The van der Waals surface area contributed by atoms with Crippen molar-refractivity contribution in [3.63, 3.8) is 0 Å². The highest BCUT2D eigenvalue weighted by molar-refractivity contribution is 6.02. The smallest absolute Gasteiger partial charge is 0.342 e. The first kappa shape index (κ1) is 21.6. The van der Waals surface area contributed by atoms with Crippen molar-refractivity contribution in [1.82, 2.24) is 4.57 Å². The molecule has 0 N–H and O–H groups in total. The lowest BCUT2D eigenvalue weighted by molar-refractivity contribution is 0.0471. The van der Waals surface area contributed by atoms with Crippen LogP contribution in [-0.2, 0) is 16.0 Å². The van der Waals surface area contributed by atoms with Crippen LogP contribution in [0.25, 0.3) is 10.8 Å². The number of esters is 1. The van der Waals surface area contributed by atoms with Gasteiger partial charge in [-0.25, -0.2) is 4.79 Å². The Hall–Kier alpha value is -3.12. The first-order valence-corrected chi connectivity index (χ1v) is 9.89. The van der Waals surface area contributed by atoms with E-state index in [1.54, 1.807) is 19.2 Å². The minimum absolute atomic E-state index is 0.228. The Bertz CT molecular complexity index is 1070. The molecule has 0 amide bonds. The summed E-state index contributed by atoms with van der Waals surface area (Å²) >= 11 is 0. The van der Waals surface area contributed by atoms with Gasteiger partial charge in [-0.15, -0.1) is 0 Å². The number of methoxy groups -OCH3 is 2. The van der Waals surface area contributed by atoms with Gasteiger partial charge in [0, 0.05) is 37.2 Å². The van der Waals surface area contributed by atoms with Gasteiger partial charge >= 0.3 is 5.97 Å². The molecule has 1 heterocycles. The summed E-state index contributed by atoms with van der Waals surface area (Å²) in [5.74, 6) is -0.392. The van der Waals surface area contributed by atoms with E-state index in [0.29, 0.717) is 23.5 Å². The van der Waals surface area contributed by atoms with E-state index in [0.717, 1.165) is 35.1 Å². The van der Waals surface area contributed by atoms with Gasteiger partial charge in [-0.1, -0.05) is 24.3 Å². The van der Waals surface area contributed by atoms with Crippen LogP contribution in [0.4, 0.5) is 0 Å². The summed E-state index contributed by atoms with van der Waals surface area (Å²) in [4.78, 5) is 25.4. The van der Waals surface area contributed by atoms with Crippen molar-refractivity contribution < 1.29 is 23.8 Å². The second-order valence-corrected chi connectivity index (χ2v) is 7.18. The number of nitrogens with zero attached hydrogens (tertiary/aromatic N) is 1. The number of ether oxygens (including phenoxy) is 3. The van der Waals surface area contributed by atoms with Gasteiger partial charge in [0.25, 0.3) is 0 Å². The fraction of sp³-hybridized carbons (Fsp3) is 0.333. The maximum Gasteiger partial charge on any atom is 0.342 e. The van der Waals surface area contributed by atoms with Crippen molar-refractivity contribution >= 4 is 22.5 Å². The number of carbonyl (C=O) groups is 2. The van der Waals surface area contributed by atoms with Crippen molar-refractivity contribution in [2.45, 2.75) is 26.8 Å². The molecule has 0 aliphatic rings. The highest BCUT2D eigenvalue weighted by Gasteiger charge is 2.20. The molecule has 0 aliphatic heterocycles. The van der Waals surface area contributed by atoms with Crippen molar-refractivity contribution in [3.8, 4) is 5.75 Å². The number of hydrogen-bond acceptors (Lipinski definition) is 5. The zero-order valence-electron chi connectivity index (χ0n) is 17.9. The number of ketones is 1. The van der Waals surface area contributed by atoms with Crippen molar-refractivity contribution in [2.24, 2.45) is 0 Å². The standard InChI is InChI=1S/C24H27NO5/c1-16-12-20(17(2)25(16)10-7-11-28-3)22(26)15-30-24(27)21-13-18-8-5-6-9-19(18)14-23(21)29-4/h5-6,8-9,12-14H,7,10-11,15H2,1-4H3. The number of fused-ring (bicyclic) bond motifs is 1. The van der Waals surface area contributed by atoms with Crippen molar-refractivity contribution in [3.05, 3.63) is 65.0 Å². The lowest BCUT2D eigenvalue weighted by atomic mass is 10.1. The van der Waals surface area contributed by atoms with E-state index in [1.807, 2.05) is 44.2 Å². The monoisotopic (exact) mass is 409 g/mol. The van der Waals surface area contributed by atoms with Gasteiger partial charge in [-0.2, -0.15) is 0 Å². The van der Waals surface area contributed by atoms with E-state index in [-0.39, 0.29) is 12.4 Å². The van der Waals surface area contributed by atoms with Crippen molar-refractivity contribution in [2.75, 3.05) is 27.4 Å². The lowest BCUT2D eigenvalue weighted by Crippen LogP contribution is -2.16. The summed E-state index contributed by atoms with van der Waals surface area (Å²) in [6.07, 6.45) is 0.858. The van der Waals surface area contributed by atoms with Crippen LogP contribution in [0.15, 0.2) is 42.5 Å². The SMILES string of the molecule is COCCCn1c(C)cc(C(=O)COC(=O)c2cc3ccccc3cc2OC)c1C. The molecule has 0 radical (unpaired) electrons. The van der Waals surface area contributed by atoms with E-state index in [2.05, 4.69) is 4.57 Å². The summed E-state index contributed by atoms with van der Waals surface area (Å²) < 4.78 is 17.9. The predicted molar refractivity (Wildman–Crippen MR) is 116 cm³/mol. The average Bonchev–Trinajstić information content (AvgIpc) is 3.04. The largest absolute Gasteiger partial charge is 0.496 e. The van der Waals surface area contributed by atoms with Gasteiger partial charge in [0.05, 0.1) is 7.11 Å². The summed E-state index contributed by atoms with van der Waals surface area (Å²) in [7, 11) is 3.17. The molecule has 30 heavy (non-hydrogen) atoms. The fourth-order valence-electron chi connectivity index (χ4n) is 3.63. The molecular formula is C24H27NO5. The molecule has 1 aromatic heterocycles. The summed E-state index contributed by atoms with van der Waals surface area (Å²) in [6, 6.07) is 13.0. The number of aromatic nitrogens is 1. The molecule has 3 aromatic rings.